The van der Waals surface area contributed by atoms with Crippen LogP contribution in [0.5, 0.6) is 0 Å². The fourth-order valence-electron chi connectivity index (χ4n) is 5.07. The second kappa shape index (κ2) is 12.5. The molecule has 1 unspecified atom stereocenters. The number of hydrogen-bond acceptors (Lipinski definition) is 0. The maximum Gasteiger partial charge on any atom is 4.00 e. The third-order valence-electron chi connectivity index (χ3n) is 6.61. The normalized spacial score (nSPS) is 12.9. The van der Waals surface area contributed by atoms with Crippen molar-refractivity contribution in [3.05, 3.63) is 121 Å². The molecule has 0 fully saturated rings. The summed E-state index contributed by atoms with van der Waals surface area (Å²) >= 11 is 0. The van der Waals surface area contributed by atoms with Crippen molar-refractivity contribution in [3.8, 4) is 22.3 Å². The Morgan fingerprint density at radius 3 is 2.08 bits per heavy atom. The summed E-state index contributed by atoms with van der Waals surface area (Å²) in [5.74, 6) is 0. The molecular weight excluding hydrogens is 665 g/mol. The molecule has 0 N–H and O–H groups in total. The molecule has 176 valence electrons. The summed E-state index contributed by atoms with van der Waals surface area (Å²) in [6.45, 7) is 2.31. The van der Waals surface area contributed by atoms with Gasteiger partial charge in [-0.2, -0.15) is 18.2 Å². The molecule has 36 heavy (non-hydrogen) atoms. The first-order chi connectivity index (χ1) is 16.3. The van der Waals surface area contributed by atoms with Crippen molar-refractivity contribution in [3.63, 3.8) is 0 Å². The molecule has 0 spiro atoms. The van der Waals surface area contributed by atoms with Gasteiger partial charge in [-0.1, -0.05) is 92.7 Å². The molecule has 6 aromatic carbocycles. The van der Waals surface area contributed by atoms with Crippen molar-refractivity contribution in [2.75, 3.05) is 6.16 Å². The number of benzene rings is 4. The molecule has 6 aromatic rings. The molecule has 0 nitrogen and oxygen atoms in total. The summed E-state index contributed by atoms with van der Waals surface area (Å²) in [7, 11) is -0.170. The molecule has 1 atom stereocenters. The first-order valence-electron chi connectivity index (χ1n) is 11.6. The van der Waals surface area contributed by atoms with Gasteiger partial charge >= 0.3 is 25.8 Å². The molecule has 0 saturated heterocycles. The Bertz CT molecular complexity index is 1570. The SMILES string of the molecule is CCP1c2cc3c(cccc3[cH-]2)-c2ccccc21.[Cl-].[Cl-].[Hf+4].c1ccc(-c2cccc3[cH-]ccc23)cc1. The van der Waals surface area contributed by atoms with Gasteiger partial charge in [0, 0.05) is 0 Å². The first kappa shape index (κ1) is 28.5. The Balaban J connectivity index is 0.000000188. The van der Waals surface area contributed by atoms with E-state index in [4.69, 9.17) is 0 Å². The van der Waals surface area contributed by atoms with E-state index in [0.29, 0.717) is 0 Å². The van der Waals surface area contributed by atoms with Crippen molar-refractivity contribution in [2.24, 2.45) is 0 Å². The molecule has 4 heteroatoms. The molecule has 0 saturated carbocycles. The number of hydrogen-bond donors (Lipinski definition) is 0. The summed E-state index contributed by atoms with van der Waals surface area (Å²) in [5, 5.41) is 8.57. The van der Waals surface area contributed by atoms with Gasteiger partial charge in [0.1, 0.15) is 0 Å². The second-order valence-electron chi connectivity index (χ2n) is 8.48. The van der Waals surface area contributed by atoms with Gasteiger partial charge in [0.15, 0.2) is 0 Å². The van der Waals surface area contributed by atoms with Gasteiger partial charge in [0.2, 0.25) is 0 Å². The van der Waals surface area contributed by atoms with Crippen LogP contribution in [0.2, 0.25) is 0 Å². The van der Waals surface area contributed by atoms with E-state index in [9.17, 15) is 0 Å². The molecule has 7 rings (SSSR count). The molecule has 0 radical (unpaired) electrons. The van der Waals surface area contributed by atoms with Gasteiger partial charge in [-0.05, 0) is 22.6 Å². The average Bonchev–Trinajstić information content (AvgIpc) is 3.50. The van der Waals surface area contributed by atoms with E-state index < -0.39 is 0 Å². The molecular formula is C32H25Cl2HfP. The standard InChI is InChI=1S/C17H14P.C15H11.2ClH.Hf/c1-2-18-13-10-12-6-5-8-14(16(12)11-13)15-7-3-4-9-17(15)18;1-2-6-12(7-3-1)14-10-4-8-13-9-5-11-15(13)14;;;/h3-11H,2H2,1H3;1-11H;2*1H;/q2*-1;;;+4/p-2. The van der Waals surface area contributed by atoms with Crippen LogP contribution in [0.4, 0.5) is 0 Å². The number of fused-ring (bicyclic) bond motifs is 4. The van der Waals surface area contributed by atoms with Crippen molar-refractivity contribution in [1.29, 1.82) is 0 Å². The second-order valence-corrected chi connectivity index (χ2v) is 11.0. The molecule has 0 aliphatic carbocycles. The molecule has 1 aliphatic heterocycles. The maximum absolute atomic E-state index is 2.42. The van der Waals surface area contributed by atoms with Crippen molar-refractivity contribution in [1.82, 2.24) is 0 Å². The molecule has 0 aromatic heterocycles. The van der Waals surface area contributed by atoms with Crippen LogP contribution < -0.4 is 35.4 Å². The summed E-state index contributed by atoms with van der Waals surface area (Å²) < 4.78 is 0. The molecule has 0 amide bonds. The third kappa shape index (κ3) is 5.18. The van der Waals surface area contributed by atoms with Crippen LogP contribution in [0, 0.1) is 0 Å². The van der Waals surface area contributed by atoms with Crippen molar-refractivity contribution < 1.29 is 50.7 Å². The zero-order chi connectivity index (χ0) is 22.2. The predicted octanol–water partition coefficient (Wildman–Crippen LogP) is 2.22. The average molecular weight is 690 g/mol. The van der Waals surface area contributed by atoms with E-state index >= 15 is 0 Å². The number of halogens is 2. The van der Waals surface area contributed by atoms with Crippen LogP contribution in [-0.4, -0.2) is 6.16 Å². The minimum absolute atomic E-state index is 0. The van der Waals surface area contributed by atoms with Crippen LogP contribution in [0.1, 0.15) is 6.92 Å². The summed E-state index contributed by atoms with van der Waals surface area (Å²) in [6, 6.07) is 43.8. The van der Waals surface area contributed by atoms with E-state index in [-0.39, 0.29) is 58.6 Å². The fraction of sp³-hybridized carbons (Fsp3) is 0.0625. The topological polar surface area (TPSA) is 0 Å². The Morgan fingerprint density at radius 2 is 1.31 bits per heavy atom. The van der Waals surface area contributed by atoms with Gasteiger partial charge < -0.3 is 24.8 Å². The van der Waals surface area contributed by atoms with Crippen LogP contribution >= 0.6 is 7.92 Å². The van der Waals surface area contributed by atoms with Crippen molar-refractivity contribution >= 4 is 40.1 Å². The van der Waals surface area contributed by atoms with Gasteiger partial charge in [-0.15, -0.1) is 63.2 Å². The van der Waals surface area contributed by atoms with E-state index in [0.717, 1.165) is 0 Å². The van der Waals surface area contributed by atoms with Crippen LogP contribution in [0.3, 0.4) is 0 Å². The Morgan fingerprint density at radius 1 is 0.639 bits per heavy atom. The van der Waals surface area contributed by atoms with Crippen molar-refractivity contribution in [2.45, 2.75) is 6.92 Å². The van der Waals surface area contributed by atoms with E-state index in [1.54, 1.807) is 10.6 Å². The van der Waals surface area contributed by atoms with Crippen LogP contribution in [-0.2, 0) is 25.8 Å². The Kier molecular flexibility index (Phi) is 9.90. The maximum atomic E-state index is 2.42. The minimum atomic E-state index is -0.170. The predicted molar refractivity (Wildman–Crippen MR) is 147 cm³/mol. The first-order valence-corrected chi connectivity index (χ1v) is 13.1. The van der Waals surface area contributed by atoms with E-state index in [1.807, 2.05) is 0 Å². The van der Waals surface area contributed by atoms with Gasteiger partial charge in [0.25, 0.3) is 0 Å². The van der Waals surface area contributed by atoms with Gasteiger partial charge in [-0.3, -0.25) is 0 Å². The van der Waals surface area contributed by atoms with Gasteiger partial charge in [0.05, 0.1) is 0 Å². The summed E-state index contributed by atoms with van der Waals surface area (Å²) in [4.78, 5) is 0. The Labute approximate surface area is 245 Å². The van der Waals surface area contributed by atoms with E-state index in [2.05, 4.69) is 128 Å². The zero-order valence-corrected chi connectivity index (χ0v) is 26.0. The Hall–Kier alpha value is -2.02. The fourth-order valence-corrected chi connectivity index (χ4v) is 7.39. The third-order valence-corrected chi connectivity index (χ3v) is 9.10. The molecule has 1 aliphatic rings. The summed E-state index contributed by atoms with van der Waals surface area (Å²) in [6.07, 6.45) is 1.23. The molecule has 1 heterocycles. The summed E-state index contributed by atoms with van der Waals surface area (Å²) in [5.41, 5.74) is 5.46. The smallest absolute Gasteiger partial charge is 1.00 e. The largest absolute Gasteiger partial charge is 4.00 e. The van der Waals surface area contributed by atoms with Gasteiger partial charge in [-0.25, -0.2) is 0 Å². The zero-order valence-electron chi connectivity index (χ0n) is 20.0. The molecule has 2 bridgehead atoms. The quantitative estimate of drug-likeness (QED) is 0.149. The monoisotopic (exact) mass is 690 g/mol. The van der Waals surface area contributed by atoms with E-state index in [1.165, 1.54) is 50.0 Å². The minimum Gasteiger partial charge on any atom is -1.00 e. The van der Waals surface area contributed by atoms with Crippen LogP contribution in [0.25, 0.3) is 43.8 Å². The number of rotatable bonds is 2. The van der Waals surface area contributed by atoms with Crippen LogP contribution in [0.15, 0.2) is 121 Å².